The van der Waals surface area contributed by atoms with E-state index < -0.39 is 0 Å². The highest BCUT2D eigenvalue weighted by molar-refractivity contribution is 6.33. The molecule has 0 amide bonds. The Labute approximate surface area is 97.8 Å². The van der Waals surface area contributed by atoms with E-state index in [0.29, 0.717) is 10.8 Å². The molecule has 0 aliphatic carbocycles. The monoisotopic (exact) mass is 239 g/mol. The van der Waals surface area contributed by atoms with Crippen LogP contribution in [0.15, 0.2) is 24.3 Å². The summed E-state index contributed by atoms with van der Waals surface area (Å²) < 4.78 is 15.1. The second kappa shape index (κ2) is 4.14. The molecular weight excluding hydrogens is 229 g/mol. The Morgan fingerprint density at radius 2 is 2.19 bits per heavy atom. The first-order valence-corrected chi connectivity index (χ1v) is 5.17. The van der Waals surface area contributed by atoms with Crippen molar-refractivity contribution in [2.24, 2.45) is 7.05 Å². The molecular formula is C11H11ClFN3. The van der Waals surface area contributed by atoms with Crippen molar-refractivity contribution in [1.29, 1.82) is 0 Å². The van der Waals surface area contributed by atoms with Gasteiger partial charge in [-0.25, -0.2) is 4.39 Å². The van der Waals surface area contributed by atoms with Gasteiger partial charge in [0.05, 0.1) is 16.4 Å². The number of aromatic nitrogens is 2. The second-order valence-corrected chi connectivity index (χ2v) is 3.92. The van der Waals surface area contributed by atoms with Gasteiger partial charge in [-0.3, -0.25) is 4.68 Å². The van der Waals surface area contributed by atoms with Gasteiger partial charge in [-0.05, 0) is 19.1 Å². The first-order chi connectivity index (χ1) is 7.58. The molecule has 0 atom stereocenters. The number of hydrogen-bond acceptors (Lipinski definition) is 2. The van der Waals surface area contributed by atoms with E-state index in [4.69, 9.17) is 11.6 Å². The maximum Gasteiger partial charge on any atom is 0.148 e. The van der Waals surface area contributed by atoms with E-state index in [1.165, 1.54) is 6.07 Å². The maximum atomic E-state index is 13.5. The molecule has 1 aromatic heterocycles. The minimum Gasteiger partial charge on any atom is -0.337 e. The van der Waals surface area contributed by atoms with Crippen LogP contribution < -0.4 is 5.32 Å². The third-order valence-corrected chi connectivity index (χ3v) is 2.53. The van der Waals surface area contributed by atoms with Gasteiger partial charge in [0.15, 0.2) is 0 Å². The lowest BCUT2D eigenvalue weighted by Gasteiger charge is -2.08. The second-order valence-electron chi connectivity index (χ2n) is 3.52. The summed E-state index contributed by atoms with van der Waals surface area (Å²) in [6.07, 6.45) is 0. The molecule has 1 heterocycles. The van der Waals surface area contributed by atoms with Crippen molar-refractivity contribution in [1.82, 2.24) is 9.78 Å². The number of hydrogen-bond donors (Lipinski definition) is 1. The molecule has 0 spiro atoms. The predicted octanol–water partition coefficient (Wildman–Crippen LogP) is 3.26. The zero-order chi connectivity index (χ0) is 11.7. The van der Waals surface area contributed by atoms with E-state index in [1.54, 1.807) is 23.9 Å². The summed E-state index contributed by atoms with van der Waals surface area (Å²) >= 11 is 5.91. The average molecular weight is 240 g/mol. The molecule has 0 unspecified atom stereocenters. The first kappa shape index (κ1) is 11.0. The van der Waals surface area contributed by atoms with Crippen LogP contribution in [0.1, 0.15) is 5.69 Å². The van der Waals surface area contributed by atoms with Crippen LogP contribution in [0.2, 0.25) is 5.02 Å². The molecule has 0 aliphatic heterocycles. The Morgan fingerprint density at radius 3 is 2.75 bits per heavy atom. The normalized spacial score (nSPS) is 10.5. The van der Waals surface area contributed by atoms with Crippen LogP contribution in [-0.2, 0) is 7.05 Å². The summed E-state index contributed by atoms with van der Waals surface area (Å²) in [6, 6.07) is 6.38. The summed E-state index contributed by atoms with van der Waals surface area (Å²) in [5.41, 5.74) is 1.13. The Kier molecular flexibility index (Phi) is 2.83. The van der Waals surface area contributed by atoms with Crippen LogP contribution >= 0.6 is 11.6 Å². The molecule has 0 bridgehead atoms. The molecule has 0 saturated heterocycles. The smallest absolute Gasteiger partial charge is 0.148 e. The average Bonchev–Trinajstić information content (AvgIpc) is 2.51. The summed E-state index contributed by atoms with van der Waals surface area (Å²) in [5.74, 6) is 0.316. The molecule has 2 rings (SSSR count). The van der Waals surface area contributed by atoms with E-state index in [0.717, 1.165) is 5.69 Å². The van der Waals surface area contributed by atoms with Crippen LogP contribution in [0.4, 0.5) is 15.9 Å². The van der Waals surface area contributed by atoms with Crippen molar-refractivity contribution in [3.8, 4) is 0 Å². The number of anilines is 2. The molecule has 0 fully saturated rings. The largest absolute Gasteiger partial charge is 0.337 e. The topological polar surface area (TPSA) is 29.9 Å². The van der Waals surface area contributed by atoms with Crippen LogP contribution in [0.3, 0.4) is 0 Å². The fraction of sp³-hybridized carbons (Fsp3) is 0.182. The summed E-state index contributed by atoms with van der Waals surface area (Å²) in [5, 5.41) is 7.42. The lowest BCUT2D eigenvalue weighted by atomic mass is 10.3. The first-order valence-electron chi connectivity index (χ1n) is 4.79. The predicted molar refractivity (Wildman–Crippen MR) is 62.6 cm³/mol. The van der Waals surface area contributed by atoms with Crippen molar-refractivity contribution in [3.63, 3.8) is 0 Å². The van der Waals surface area contributed by atoms with Crippen molar-refractivity contribution < 1.29 is 4.39 Å². The fourth-order valence-electron chi connectivity index (χ4n) is 1.47. The number of nitrogens with zero attached hydrogens (tertiary/aromatic N) is 2. The highest BCUT2D eigenvalue weighted by atomic mass is 35.5. The molecule has 5 heteroatoms. The van der Waals surface area contributed by atoms with Gasteiger partial charge in [-0.2, -0.15) is 5.10 Å². The van der Waals surface area contributed by atoms with Gasteiger partial charge in [0.25, 0.3) is 0 Å². The summed E-state index contributed by atoms with van der Waals surface area (Å²) in [6.45, 7) is 1.87. The summed E-state index contributed by atoms with van der Waals surface area (Å²) in [7, 11) is 1.78. The quantitative estimate of drug-likeness (QED) is 0.872. The van der Waals surface area contributed by atoms with Crippen LogP contribution in [0, 0.1) is 12.7 Å². The van der Waals surface area contributed by atoms with Crippen molar-refractivity contribution in [2.45, 2.75) is 6.92 Å². The molecule has 16 heavy (non-hydrogen) atoms. The third kappa shape index (κ3) is 2.02. The molecule has 0 aliphatic rings. The minimum atomic E-state index is -0.383. The van der Waals surface area contributed by atoms with E-state index in [9.17, 15) is 4.39 Å². The van der Waals surface area contributed by atoms with Gasteiger partial charge in [0.1, 0.15) is 11.6 Å². The number of rotatable bonds is 2. The zero-order valence-corrected chi connectivity index (χ0v) is 9.72. The standard InChI is InChI=1S/C11H11ClFN3/c1-7-6-10(16(2)15-7)14-11-8(12)4-3-5-9(11)13/h3-6,14H,1-2H3. The van der Waals surface area contributed by atoms with E-state index in [2.05, 4.69) is 10.4 Å². The van der Waals surface area contributed by atoms with Crippen molar-refractivity contribution in [2.75, 3.05) is 5.32 Å². The lowest BCUT2D eigenvalue weighted by molar-refractivity contribution is 0.631. The van der Waals surface area contributed by atoms with Crippen LogP contribution in [0.5, 0.6) is 0 Å². The van der Waals surface area contributed by atoms with Gasteiger partial charge in [-0.15, -0.1) is 0 Å². The molecule has 0 radical (unpaired) electrons. The summed E-state index contributed by atoms with van der Waals surface area (Å²) in [4.78, 5) is 0. The molecule has 3 nitrogen and oxygen atoms in total. The van der Waals surface area contributed by atoms with Gasteiger partial charge < -0.3 is 5.32 Å². The van der Waals surface area contributed by atoms with E-state index in [-0.39, 0.29) is 11.5 Å². The Hall–Kier alpha value is -1.55. The van der Waals surface area contributed by atoms with Gasteiger partial charge in [0, 0.05) is 13.1 Å². The van der Waals surface area contributed by atoms with E-state index >= 15 is 0 Å². The fourth-order valence-corrected chi connectivity index (χ4v) is 1.68. The molecule has 1 aromatic carbocycles. The molecule has 0 saturated carbocycles. The number of aryl methyl sites for hydroxylation is 2. The van der Waals surface area contributed by atoms with E-state index in [1.807, 2.05) is 13.0 Å². The van der Waals surface area contributed by atoms with Crippen LogP contribution in [0.25, 0.3) is 0 Å². The third-order valence-electron chi connectivity index (χ3n) is 2.22. The zero-order valence-electron chi connectivity index (χ0n) is 8.96. The molecule has 84 valence electrons. The van der Waals surface area contributed by atoms with Crippen LogP contribution in [-0.4, -0.2) is 9.78 Å². The highest BCUT2D eigenvalue weighted by Gasteiger charge is 2.09. The van der Waals surface area contributed by atoms with Crippen molar-refractivity contribution in [3.05, 3.63) is 40.8 Å². The minimum absolute atomic E-state index is 0.271. The maximum absolute atomic E-state index is 13.5. The van der Waals surface area contributed by atoms with Gasteiger partial charge >= 0.3 is 0 Å². The molecule has 1 N–H and O–H groups in total. The Morgan fingerprint density at radius 1 is 1.44 bits per heavy atom. The van der Waals surface area contributed by atoms with Gasteiger partial charge in [0.2, 0.25) is 0 Å². The lowest BCUT2D eigenvalue weighted by Crippen LogP contribution is -2.01. The number of halogens is 2. The van der Waals surface area contributed by atoms with Crippen molar-refractivity contribution >= 4 is 23.1 Å². The molecule has 2 aromatic rings. The Balaban J connectivity index is 2.37. The SMILES string of the molecule is Cc1cc(Nc2c(F)cccc2Cl)n(C)n1. The number of para-hydroxylation sites is 1. The number of benzene rings is 1. The Bertz CT molecular complexity index is 502. The highest BCUT2D eigenvalue weighted by Crippen LogP contribution is 2.27. The number of nitrogens with one attached hydrogen (secondary N) is 1. The van der Waals surface area contributed by atoms with Gasteiger partial charge in [-0.1, -0.05) is 17.7 Å².